The molecule has 0 fully saturated rings. The van der Waals surface area contributed by atoms with Crippen LogP contribution in [0.3, 0.4) is 0 Å². The summed E-state index contributed by atoms with van der Waals surface area (Å²) in [5, 5.41) is 0. The molecule has 0 unspecified atom stereocenters. The molecule has 0 aliphatic rings. The predicted molar refractivity (Wildman–Crippen MR) is 54.8 cm³/mol. The van der Waals surface area contributed by atoms with Crippen molar-refractivity contribution in [2.24, 2.45) is 0 Å². The van der Waals surface area contributed by atoms with Gasteiger partial charge in [-0.05, 0) is 12.1 Å². The van der Waals surface area contributed by atoms with Gasteiger partial charge in [-0.3, -0.25) is 0 Å². The lowest BCUT2D eigenvalue weighted by molar-refractivity contribution is 0.500. The Morgan fingerprint density at radius 2 is 2.29 bits per heavy atom. The summed E-state index contributed by atoms with van der Waals surface area (Å²) < 4.78 is 5.35. The van der Waals surface area contributed by atoms with Crippen molar-refractivity contribution in [2.45, 2.75) is 19.8 Å². The van der Waals surface area contributed by atoms with Crippen LogP contribution in [0.15, 0.2) is 22.7 Å². The monoisotopic (exact) mass is 191 g/mol. The van der Waals surface area contributed by atoms with Gasteiger partial charge in [0, 0.05) is 12.1 Å². The number of aromatic nitrogens is 2. The second kappa shape index (κ2) is 3.21. The Morgan fingerprint density at radius 1 is 1.50 bits per heavy atom. The largest absolute Gasteiger partial charge is 0.428 e. The van der Waals surface area contributed by atoms with Crippen molar-refractivity contribution in [2.75, 3.05) is 5.73 Å². The van der Waals surface area contributed by atoms with E-state index in [4.69, 9.17) is 10.2 Å². The topological polar surface area (TPSA) is 67.8 Å². The number of aromatic amines is 1. The zero-order valence-corrected chi connectivity index (χ0v) is 8.24. The second-order valence-electron chi connectivity index (χ2n) is 3.50. The number of oxazole rings is 1. The van der Waals surface area contributed by atoms with Gasteiger partial charge in [-0.1, -0.05) is 13.8 Å². The maximum absolute atomic E-state index is 5.53. The Bertz CT molecular complexity index is 415. The number of hydrogen-bond acceptors (Lipinski definition) is 3. The highest BCUT2D eigenvalue weighted by molar-refractivity contribution is 5.58. The van der Waals surface area contributed by atoms with Gasteiger partial charge < -0.3 is 15.1 Å². The van der Waals surface area contributed by atoms with Gasteiger partial charge in [0.05, 0.1) is 5.69 Å². The fourth-order valence-corrected chi connectivity index (χ4v) is 1.41. The van der Waals surface area contributed by atoms with Crippen LogP contribution >= 0.6 is 0 Å². The van der Waals surface area contributed by atoms with Crippen molar-refractivity contribution in [1.82, 2.24) is 9.97 Å². The molecule has 0 bridgehead atoms. The van der Waals surface area contributed by atoms with Crippen molar-refractivity contribution >= 4 is 6.01 Å². The molecule has 2 rings (SSSR count). The number of nitrogen functional groups attached to an aromatic ring is 1. The van der Waals surface area contributed by atoms with Crippen LogP contribution in [0.5, 0.6) is 0 Å². The highest BCUT2D eigenvalue weighted by Crippen LogP contribution is 2.29. The van der Waals surface area contributed by atoms with E-state index in [1.165, 1.54) is 0 Å². The van der Waals surface area contributed by atoms with Crippen molar-refractivity contribution in [3.63, 3.8) is 0 Å². The third kappa shape index (κ3) is 1.39. The van der Waals surface area contributed by atoms with Gasteiger partial charge in [-0.15, -0.1) is 0 Å². The molecule has 14 heavy (non-hydrogen) atoms. The minimum absolute atomic E-state index is 0.221. The number of nitrogens with one attached hydrogen (secondary N) is 1. The van der Waals surface area contributed by atoms with E-state index in [1.807, 2.05) is 32.2 Å². The Balaban J connectivity index is 2.52. The number of rotatable bonds is 2. The lowest BCUT2D eigenvalue weighted by atomic mass is 10.1. The fourth-order valence-electron chi connectivity index (χ4n) is 1.41. The smallest absolute Gasteiger partial charge is 0.292 e. The van der Waals surface area contributed by atoms with E-state index in [2.05, 4.69) is 9.97 Å². The lowest BCUT2D eigenvalue weighted by Crippen LogP contribution is -1.88. The minimum atomic E-state index is 0.221. The first-order valence-corrected chi connectivity index (χ1v) is 4.58. The van der Waals surface area contributed by atoms with Gasteiger partial charge in [-0.25, -0.2) is 0 Å². The van der Waals surface area contributed by atoms with Crippen LogP contribution in [0.25, 0.3) is 11.4 Å². The molecule has 0 saturated carbocycles. The Hall–Kier alpha value is -1.71. The summed E-state index contributed by atoms with van der Waals surface area (Å²) in [4.78, 5) is 7.24. The van der Waals surface area contributed by atoms with Gasteiger partial charge in [0.1, 0.15) is 11.5 Å². The van der Waals surface area contributed by atoms with Crippen molar-refractivity contribution in [3.8, 4) is 11.4 Å². The molecular formula is C10H13N3O. The van der Waals surface area contributed by atoms with Crippen LogP contribution in [-0.4, -0.2) is 9.97 Å². The maximum Gasteiger partial charge on any atom is 0.292 e. The summed E-state index contributed by atoms with van der Waals surface area (Å²) in [6.45, 7) is 4.10. The molecule has 0 aliphatic heterocycles. The van der Waals surface area contributed by atoms with Gasteiger partial charge in [0.2, 0.25) is 0 Å². The first-order chi connectivity index (χ1) is 6.68. The summed E-state index contributed by atoms with van der Waals surface area (Å²) in [5.41, 5.74) is 7.28. The summed E-state index contributed by atoms with van der Waals surface area (Å²) in [5.74, 6) is 1.10. The molecule has 0 amide bonds. The second-order valence-corrected chi connectivity index (χ2v) is 3.50. The molecule has 2 aromatic heterocycles. The van der Waals surface area contributed by atoms with E-state index in [-0.39, 0.29) is 11.9 Å². The summed E-state index contributed by atoms with van der Waals surface area (Å²) in [7, 11) is 0. The van der Waals surface area contributed by atoms with E-state index < -0.39 is 0 Å². The minimum Gasteiger partial charge on any atom is -0.428 e. The van der Waals surface area contributed by atoms with Gasteiger partial charge >= 0.3 is 0 Å². The molecule has 0 saturated heterocycles. The number of nitrogens with two attached hydrogens (primary N) is 1. The van der Waals surface area contributed by atoms with E-state index in [0.717, 1.165) is 17.1 Å². The zero-order valence-electron chi connectivity index (χ0n) is 8.24. The van der Waals surface area contributed by atoms with E-state index in [1.54, 1.807) is 0 Å². The van der Waals surface area contributed by atoms with Crippen LogP contribution in [0.1, 0.15) is 25.5 Å². The quantitative estimate of drug-likeness (QED) is 0.765. The molecule has 2 heterocycles. The molecule has 74 valence electrons. The van der Waals surface area contributed by atoms with E-state index >= 15 is 0 Å². The Labute approximate surface area is 82.1 Å². The molecule has 0 aliphatic carbocycles. The van der Waals surface area contributed by atoms with Crippen molar-refractivity contribution < 1.29 is 4.42 Å². The highest BCUT2D eigenvalue weighted by Gasteiger charge is 2.16. The molecule has 3 N–H and O–H groups in total. The first-order valence-electron chi connectivity index (χ1n) is 4.58. The summed E-state index contributed by atoms with van der Waals surface area (Å²) in [6, 6.07) is 4.09. The average molecular weight is 191 g/mol. The molecule has 0 atom stereocenters. The molecule has 0 aromatic carbocycles. The third-order valence-corrected chi connectivity index (χ3v) is 2.05. The first kappa shape index (κ1) is 8.87. The van der Waals surface area contributed by atoms with Gasteiger partial charge in [-0.2, -0.15) is 4.98 Å². The molecule has 4 nitrogen and oxygen atoms in total. The summed E-state index contributed by atoms with van der Waals surface area (Å²) >= 11 is 0. The number of H-pyrrole nitrogens is 1. The molecule has 0 radical (unpaired) electrons. The fraction of sp³-hybridized carbons (Fsp3) is 0.300. The van der Waals surface area contributed by atoms with Crippen LogP contribution in [-0.2, 0) is 0 Å². The van der Waals surface area contributed by atoms with Crippen LogP contribution in [0.4, 0.5) is 6.01 Å². The Morgan fingerprint density at radius 3 is 2.86 bits per heavy atom. The highest BCUT2D eigenvalue weighted by atomic mass is 16.4. The van der Waals surface area contributed by atoms with Gasteiger partial charge in [0.15, 0.2) is 0 Å². The Kier molecular flexibility index (Phi) is 2.04. The molecule has 2 aromatic rings. The standard InChI is InChI=1S/C10H13N3O/c1-6(2)9-8(13-10(11)14-9)7-4-3-5-12-7/h3-6,12H,1-2H3,(H2,11,13). The molecule has 0 spiro atoms. The predicted octanol–water partition coefficient (Wildman–Crippen LogP) is 2.38. The normalized spacial score (nSPS) is 11.1. The van der Waals surface area contributed by atoms with Crippen molar-refractivity contribution in [1.29, 1.82) is 0 Å². The summed E-state index contributed by atoms with van der Waals surface area (Å²) in [6.07, 6.45) is 1.85. The van der Waals surface area contributed by atoms with Crippen molar-refractivity contribution in [3.05, 3.63) is 24.1 Å². The van der Waals surface area contributed by atoms with Crippen LogP contribution in [0.2, 0.25) is 0 Å². The molecule has 4 heteroatoms. The number of hydrogen-bond donors (Lipinski definition) is 2. The number of anilines is 1. The third-order valence-electron chi connectivity index (χ3n) is 2.05. The van der Waals surface area contributed by atoms with Gasteiger partial charge in [0.25, 0.3) is 6.01 Å². The van der Waals surface area contributed by atoms with E-state index in [9.17, 15) is 0 Å². The molecular weight excluding hydrogens is 178 g/mol. The van der Waals surface area contributed by atoms with E-state index in [0.29, 0.717) is 0 Å². The maximum atomic E-state index is 5.53. The van der Waals surface area contributed by atoms with Crippen LogP contribution < -0.4 is 5.73 Å². The zero-order chi connectivity index (χ0) is 10.1. The SMILES string of the molecule is CC(C)c1oc(N)nc1-c1ccc[nH]1. The number of nitrogens with zero attached hydrogens (tertiary/aromatic N) is 1. The average Bonchev–Trinajstić information content (AvgIpc) is 2.70. The lowest BCUT2D eigenvalue weighted by Gasteiger charge is -2.01. The van der Waals surface area contributed by atoms with Crippen LogP contribution in [0, 0.1) is 0 Å².